The number of carboxylic acids is 2. The van der Waals surface area contributed by atoms with E-state index in [0.717, 1.165) is 90.8 Å². The summed E-state index contributed by atoms with van der Waals surface area (Å²) in [5.41, 5.74) is 14.0. The zero-order valence-corrected chi connectivity index (χ0v) is 29.5. The average Bonchev–Trinajstić information content (AvgIpc) is 3.71. The summed E-state index contributed by atoms with van der Waals surface area (Å²) in [4.78, 5) is 40.6. The number of rotatable bonds is 14. The van der Waals surface area contributed by atoms with Gasteiger partial charge in [-0.2, -0.15) is 0 Å². The van der Waals surface area contributed by atoms with Gasteiger partial charge in [-0.05, 0) is 112 Å². The Hall–Kier alpha value is -4.76. The predicted molar refractivity (Wildman–Crippen MR) is 198 cm³/mol. The van der Waals surface area contributed by atoms with Gasteiger partial charge in [0.05, 0.1) is 28.9 Å². The Labute approximate surface area is 287 Å². The molecule has 0 saturated heterocycles. The van der Waals surface area contributed by atoms with Crippen molar-refractivity contribution in [2.75, 3.05) is 6.61 Å². The summed E-state index contributed by atoms with van der Waals surface area (Å²) in [6, 6.07) is 8.03. The summed E-state index contributed by atoms with van der Waals surface area (Å²) in [7, 11) is 0. The van der Waals surface area contributed by atoms with E-state index in [0.29, 0.717) is 30.8 Å². The molecule has 0 spiro atoms. The highest BCUT2D eigenvalue weighted by Crippen LogP contribution is 2.38. The summed E-state index contributed by atoms with van der Waals surface area (Å²) in [5.74, 6) is -1.77. The monoisotopic (exact) mass is 664 g/mol. The van der Waals surface area contributed by atoms with E-state index in [2.05, 4.69) is 50.3 Å². The van der Waals surface area contributed by atoms with Gasteiger partial charge >= 0.3 is 11.9 Å². The van der Waals surface area contributed by atoms with Crippen LogP contribution in [-0.2, 0) is 14.3 Å². The number of carbonyl (C=O) groups is 2. The lowest BCUT2D eigenvalue weighted by Gasteiger charge is -2.14. The lowest BCUT2D eigenvalue weighted by atomic mass is 9.98. The number of nitrogens with zero attached hydrogens (tertiary/aromatic N) is 2. The Morgan fingerprint density at radius 2 is 1.33 bits per heavy atom. The maximum atomic E-state index is 11.7. The fourth-order valence-electron chi connectivity index (χ4n) is 6.90. The highest BCUT2D eigenvalue weighted by Gasteiger charge is 2.23. The minimum Gasteiger partial charge on any atom is -0.481 e. The molecule has 8 bridgehead atoms. The van der Waals surface area contributed by atoms with Gasteiger partial charge in [0.2, 0.25) is 0 Å². The third-order valence-electron chi connectivity index (χ3n) is 9.79. The predicted octanol–water partition coefficient (Wildman–Crippen LogP) is 9.82. The number of fused-ring (bicyclic) bond motifs is 8. The highest BCUT2D eigenvalue weighted by molar-refractivity contribution is 5.96. The van der Waals surface area contributed by atoms with Gasteiger partial charge in [-0.25, -0.2) is 9.97 Å². The third-order valence-corrected chi connectivity index (χ3v) is 9.79. The normalized spacial score (nSPS) is 13.7. The van der Waals surface area contributed by atoms with Crippen molar-refractivity contribution in [3.63, 3.8) is 0 Å². The van der Waals surface area contributed by atoms with Gasteiger partial charge in [-0.3, -0.25) is 9.59 Å². The van der Waals surface area contributed by atoms with E-state index in [9.17, 15) is 19.8 Å². The van der Waals surface area contributed by atoms with Crippen LogP contribution in [0.4, 0.5) is 0 Å². The SMILES string of the molecule is C=Cc1c(C)c2cc3[nH]c(cc4nc(cc5nc(cc1[nH]2)C(C)=C5CCC(=O)O)C(CCC(=O)O)=C4C)c(C)c3C(C)OCCCCCC. The van der Waals surface area contributed by atoms with Crippen molar-refractivity contribution < 1.29 is 24.5 Å². The molecular formula is C40H48N4O5. The first kappa shape index (κ1) is 35.5. The Bertz CT molecular complexity index is 2030. The number of aromatic nitrogens is 4. The molecule has 49 heavy (non-hydrogen) atoms. The van der Waals surface area contributed by atoms with Crippen molar-refractivity contribution in [2.45, 2.75) is 99.0 Å². The van der Waals surface area contributed by atoms with Crippen LogP contribution in [0.25, 0.3) is 50.4 Å². The fourth-order valence-corrected chi connectivity index (χ4v) is 6.90. The standard InChI is InChI=1S/C40H48N4O5/c1-8-10-11-12-17-49-26(7)40-25(6)33-18-30-23(4)28(13-15-38(45)46)35(42-30)21-36-29(14-16-39(47)48)24(5)31(43-36)19-34-27(9-2)22(3)32(41-34)20-37(40)44-33/h9,18-21,26,41,44H,2,8,10-17H2,1,3-7H3,(H,45,46)(H,47,48). The fraction of sp³-hybridized carbons (Fsp3) is 0.400. The first-order chi connectivity index (χ1) is 23.4. The minimum absolute atomic E-state index is 0.0400. The van der Waals surface area contributed by atoms with Crippen molar-refractivity contribution in [3.8, 4) is 0 Å². The first-order valence-corrected chi connectivity index (χ1v) is 17.3. The zero-order valence-electron chi connectivity index (χ0n) is 29.5. The molecule has 0 amide bonds. The minimum atomic E-state index is -0.887. The molecule has 1 atom stereocenters. The molecule has 0 fully saturated rings. The molecule has 258 valence electrons. The lowest BCUT2D eigenvalue weighted by molar-refractivity contribution is -0.137. The van der Waals surface area contributed by atoms with E-state index in [1.807, 2.05) is 38.1 Å². The summed E-state index contributed by atoms with van der Waals surface area (Å²) in [5, 5.41) is 19.1. The van der Waals surface area contributed by atoms with Crippen molar-refractivity contribution >= 4 is 62.4 Å². The van der Waals surface area contributed by atoms with Gasteiger partial charge in [-0.1, -0.05) is 38.8 Å². The molecule has 3 aromatic heterocycles. The average molecular weight is 665 g/mol. The Kier molecular flexibility index (Phi) is 11.0. The van der Waals surface area contributed by atoms with Gasteiger partial charge in [-0.15, -0.1) is 0 Å². The van der Waals surface area contributed by atoms with Crippen molar-refractivity contribution in [1.29, 1.82) is 0 Å². The maximum Gasteiger partial charge on any atom is 0.303 e. The molecule has 2 aliphatic heterocycles. The molecule has 9 nitrogen and oxygen atoms in total. The third kappa shape index (κ3) is 7.62. The molecule has 9 heteroatoms. The molecular weight excluding hydrogens is 616 g/mol. The second-order valence-electron chi connectivity index (χ2n) is 13.1. The van der Waals surface area contributed by atoms with Crippen molar-refractivity contribution in [2.24, 2.45) is 0 Å². The van der Waals surface area contributed by atoms with Crippen molar-refractivity contribution in [3.05, 3.63) is 75.9 Å². The lowest BCUT2D eigenvalue weighted by Crippen LogP contribution is -2.02. The molecule has 2 aliphatic rings. The van der Waals surface area contributed by atoms with E-state index in [4.69, 9.17) is 14.7 Å². The maximum absolute atomic E-state index is 11.7. The van der Waals surface area contributed by atoms with Crippen LogP contribution < -0.4 is 0 Å². The van der Waals surface area contributed by atoms with Crippen LogP contribution in [0, 0.1) is 13.8 Å². The number of nitrogens with one attached hydrogen (secondary N) is 2. The second kappa shape index (κ2) is 15.2. The number of aromatic amines is 2. The Morgan fingerprint density at radius 1 is 0.776 bits per heavy atom. The molecule has 5 heterocycles. The number of hydrogen-bond acceptors (Lipinski definition) is 5. The summed E-state index contributed by atoms with van der Waals surface area (Å²) in [6.07, 6.45) is 6.74. The van der Waals surface area contributed by atoms with Crippen LogP contribution in [0.1, 0.15) is 130 Å². The van der Waals surface area contributed by atoms with E-state index in [1.165, 1.54) is 12.8 Å². The second-order valence-corrected chi connectivity index (χ2v) is 13.1. The quantitative estimate of drug-likeness (QED) is 0.126. The van der Waals surface area contributed by atoms with Crippen LogP contribution in [0.2, 0.25) is 0 Å². The molecule has 0 saturated carbocycles. The van der Waals surface area contributed by atoms with Crippen LogP contribution in [0.3, 0.4) is 0 Å². The van der Waals surface area contributed by atoms with Crippen LogP contribution >= 0.6 is 0 Å². The highest BCUT2D eigenvalue weighted by atomic mass is 16.5. The van der Waals surface area contributed by atoms with Crippen LogP contribution in [0.15, 0.2) is 30.8 Å². The molecule has 0 aromatic carbocycles. The van der Waals surface area contributed by atoms with Gasteiger partial charge in [0, 0.05) is 52.6 Å². The topological polar surface area (TPSA) is 141 Å². The Balaban J connectivity index is 1.83. The zero-order chi connectivity index (χ0) is 35.4. The number of aliphatic carboxylic acids is 2. The number of ether oxygens (including phenoxy) is 1. The Morgan fingerprint density at radius 3 is 1.88 bits per heavy atom. The van der Waals surface area contributed by atoms with Gasteiger partial charge < -0.3 is 24.9 Å². The molecule has 0 aliphatic carbocycles. The van der Waals surface area contributed by atoms with E-state index in [-0.39, 0.29) is 18.9 Å². The van der Waals surface area contributed by atoms with Gasteiger partial charge in [0.15, 0.2) is 0 Å². The number of aryl methyl sites for hydroxylation is 2. The van der Waals surface area contributed by atoms with Crippen molar-refractivity contribution in [1.82, 2.24) is 19.9 Å². The van der Waals surface area contributed by atoms with E-state index < -0.39 is 11.9 Å². The smallest absolute Gasteiger partial charge is 0.303 e. The molecule has 5 rings (SSSR count). The number of allylic oxidation sites excluding steroid dienone is 4. The molecule has 4 N–H and O–H groups in total. The van der Waals surface area contributed by atoms with E-state index in [1.54, 1.807) is 0 Å². The summed E-state index contributed by atoms with van der Waals surface area (Å²) in [6.45, 7) is 17.2. The number of H-pyrrole nitrogens is 2. The van der Waals surface area contributed by atoms with E-state index >= 15 is 0 Å². The van der Waals surface area contributed by atoms with Gasteiger partial charge in [0.1, 0.15) is 0 Å². The first-order valence-electron chi connectivity index (χ1n) is 17.3. The molecule has 1 unspecified atom stereocenters. The number of unbranched alkanes of at least 4 members (excludes halogenated alkanes) is 3. The summed E-state index contributed by atoms with van der Waals surface area (Å²) < 4.78 is 6.41. The van der Waals surface area contributed by atoms with Gasteiger partial charge in [0.25, 0.3) is 0 Å². The summed E-state index contributed by atoms with van der Waals surface area (Å²) >= 11 is 0. The van der Waals surface area contributed by atoms with Crippen LogP contribution in [-0.4, -0.2) is 48.7 Å². The molecule has 0 radical (unpaired) electrons. The van der Waals surface area contributed by atoms with Crippen LogP contribution in [0.5, 0.6) is 0 Å². The molecule has 3 aromatic rings. The number of hydrogen-bond donors (Lipinski definition) is 4. The number of carboxylic acid groups (broad SMARTS) is 2. The largest absolute Gasteiger partial charge is 0.481 e.